The highest BCUT2D eigenvalue weighted by molar-refractivity contribution is 7.80. The van der Waals surface area contributed by atoms with Gasteiger partial charge in [-0.15, -0.1) is 0 Å². The molecule has 1 N–H and O–H groups in total. The van der Waals surface area contributed by atoms with Crippen LogP contribution >= 0.6 is 12.6 Å². The van der Waals surface area contributed by atoms with Crippen molar-refractivity contribution in [3.8, 4) is 0 Å². The Balaban J connectivity index is 1.86. The van der Waals surface area contributed by atoms with E-state index in [2.05, 4.69) is 29.8 Å². The smallest absolute Gasteiger partial charge is 0.0203 e. The number of rotatable bonds is 3. The summed E-state index contributed by atoms with van der Waals surface area (Å²) in [5, 5.41) is 3.61. The highest BCUT2D eigenvalue weighted by Crippen LogP contribution is 2.27. The van der Waals surface area contributed by atoms with Crippen molar-refractivity contribution >= 4 is 12.6 Å². The Morgan fingerprint density at radius 2 is 2.21 bits per heavy atom. The fourth-order valence-corrected chi connectivity index (χ4v) is 2.84. The molecule has 2 rings (SSSR count). The topological polar surface area (TPSA) is 15.3 Å². The van der Waals surface area contributed by atoms with Crippen molar-refractivity contribution < 1.29 is 0 Å². The van der Waals surface area contributed by atoms with E-state index in [9.17, 15) is 0 Å². The summed E-state index contributed by atoms with van der Waals surface area (Å²) in [7, 11) is 0. The van der Waals surface area contributed by atoms with Gasteiger partial charge in [-0.1, -0.05) is 6.42 Å². The molecule has 0 aromatic carbocycles. The zero-order chi connectivity index (χ0) is 9.97. The monoisotopic (exact) mass is 214 g/mol. The lowest BCUT2D eigenvalue weighted by atomic mass is 9.89. The van der Waals surface area contributed by atoms with Gasteiger partial charge in [-0.05, 0) is 31.9 Å². The molecule has 2 atom stereocenters. The minimum Gasteiger partial charge on any atom is -0.311 e. The molecule has 1 saturated heterocycles. The molecule has 0 aromatic heterocycles. The zero-order valence-electron chi connectivity index (χ0n) is 9.08. The predicted octanol–water partition coefficient (Wildman–Crippen LogP) is 1.52. The molecule has 3 heteroatoms. The Kier molecular flexibility index (Phi) is 3.74. The van der Waals surface area contributed by atoms with E-state index in [4.69, 9.17) is 0 Å². The van der Waals surface area contributed by atoms with Crippen LogP contribution in [-0.2, 0) is 0 Å². The van der Waals surface area contributed by atoms with E-state index in [0.717, 1.165) is 24.4 Å². The van der Waals surface area contributed by atoms with E-state index in [1.807, 2.05) is 0 Å². The van der Waals surface area contributed by atoms with E-state index in [-0.39, 0.29) is 0 Å². The number of hydrogen-bond donors (Lipinski definition) is 2. The second-order valence-electron chi connectivity index (χ2n) is 4.75. The standard InChI is InChI=1S/C11H22N2S/c1-9-7-12-10(5-6-14)8-13(9)11-3-2-4-11/h9-12,14H,2-8H2,1H3/t9-,10-/m0/s1. The first-order valence-corrected chi connectivity index (χ1v) is 6.54. The summed E-state index contributed by atoms with van der Waals surface area (Å²) < 4.78 is 0. The molecule has 1 aliphatic heterocycles. The maximum absolute atomic E-state index is 4.31. The van der Waals surface area contributed by atoms with Crippen LogP contribution in [0.2, 0.25) is 0 Å². The Hall–Kier alpha value is 0.270. The molecule has 2 aliphatic rings. The molecule has 0 bridgehead atoms. The summed E-state index contributed by atoms with van der Waals surface area (Å²) in [5.74, 6) is 1.00. The van der Waals surface area contributed by atoms with Crippen molar-refractivity contribution in [2.45, 2.75) is 50.7 Å². The van der Waals surface area contributed by atoms with Gasteiger partial charge in [0.1, 0.15) is 0 Å². The van der Waals surface area contributed by atoms with E-state index >= 15 is 0 Å². The van der Waals surface area contributed by atoms with Crippen LogP contribution in [0, 0.1) is 0 Å². The molecular weight excluding hydrogens is 192 g/mol. The van der Waals surface area contributed by atoms with Crippen LogP contribution in [0.25, 0.3) is 0 Å². The van der Waals surface area contributed by atoms with Gasteiger partial charge in [0.15, 0.2) is 0 Å². The lowest BCUT2D eigenvalue weighted by Gasteiger charge is -2.46. The number of hydrogen-bond acceptors (Lipinski definition) is 3. The highest BCUT2D eigenvalue weighted by atomic mass is 32.1. The first-order valence-electron chi connectivity index (χ1n) is 5.91. The number of nitrogens with zero attached hydrogens (tertiary/aromatic N) is 1. The van der Waals surface area contributed by atoms with Crippen molar-refractivity contribution in [1.29, 1.82) is 0 Å². The van der Waals surface area contributed by atoms with E-state index in [1.54, 1.807) is 0 Å². The molecule has 0 radical (unpaired) electrons. The fraction of sp³-hybridized carbons (Fsp3) is 1.00. The van der Waals surface area contributed by atoms with Gasteiger partial charge in [0.05, 0.1) is 0 Å². The summed E-state index contributed by atoms with van der Waals surface area (Å²) >= 11 is 4.31. The number of thiol groups is 1. The molecule has 0 aromatic rings. The van der Waals surface area contributed by atoms with Crippen molar-refractivity contribution in [2.75, 3.05) is 18.8 Å². The second kappa shape index (κ2) is 4.86. The molecule has 0 amide bonds. The van der Waals surface area contributed by atoms with Crippen molar-refractivity contribution in [1.82, 2.24) is 10.2 Å². The van der Waals surface area contributed by atoms with Gasteiger partial charge < -0.3 is 5.32 Å². The van der Waals surface area contributed by atoms with Gasteiger partial charge in [0.25, 0.3) is 0 Å². The molecular formula is C11H22N2S. The number of piperazine rings is 1. The normalized spacial score (nSPS) is 35.6. The summed E-state index contributed by atoms with van der Waals surface area (Å²) in [6, 6.07) is 2.32. The fourth-order valence-electron chi connectivity index (χ4n) is 2.53. The Bertz CT molecular complexity index is 180. The molecule has 0 unspecified atom stereocenters. The van der Waals surface area contributed by atoms with Crippen molar-refractivity contribution in [3.05, 3.63) is 0 Å². The maximum Gasteiger partial charge on any atom is 0.0203 e. The Morgan fingerprint density at radius 3 is 2.79 bits per heavy atom. The van der Waals surface area contributed by atoms with Gasteiger partial charge in [-0.2, -0.15) is 12.6 Å². The molecule has 2 fully saturated rings. The van der Waals surface area contributed by atoms with Crippen LogP contribution in [0.15, 0.2) is 0 Å². The van der Waals surface area contributed by atoms with Crippen LogP contribution in [0.3, 0.4) is 0 Å². The summed E-state index contributed by atoms with van der Waals surface area (Å²) in [5.41, 5.74) is 0. The first kappa shape index (κ1) is 10.8. The Labute approximate surface area is 92.8 Å². The van der Waals surface area contributed by atoms with Gasteiger partial charge in [0, 0.05) is 31.2 Å². The third kappa shape index (κ3) is 2.26. The molecule has 82 valence electrons. The van der Waals surface area contributed by atoms with Crippen LogP contribution in [0.1, 0.15) is 32.6 Å². The number of nitrogens with one attached hydrogen (secondary N) is 1. The maximum atomic E-state index is 4.31. The SMILES string of the molecule is C[C@H]1CN[C@@H](CCS)CN1C1CCC1. The summed E-state index contributed by atoms with van der Waals surface area (Å²) in [6.45, 7) is 4.75. The quantitative estimate of drug-likeness (QED) is 0.693. The molecule has 1 aliphatic carbocycles. The minimum absolute atomic E-state index is 0.685. The molecule has 14 heavy (non-hydrogen) atoms. The van der Waals surface area contributed by atoms with Crippen molar-refractivity contribution in [2.24, 2.45) is 0 Å². The molecule has 1 heterocycles. The lowest BCUT2D eigenvalue weighted by molar-refractivity contribution is 0.0496. The van der Waals surface area contributed by atoms with Gasteiger partial charge >= 0.3 is 0 Å². The third-order valence-corrected chi connectivity index (χ3v) is 3.98. The molecule has 0 spiro atoms. The highest BCUT2D eigenvalue weighted by Gasteiger charge is 2.32. The molecule has 1 saturated carbocycles. The largest absolute Gasteiger partial charge is 0.311 e. The predicted molar refractivity (Wildman–Crippen MR) is 64.1 cm³/mol. The average Bonchev–Trinajstić information content (AvgIpc) is 2.08. The lowest BCUT2D eigenvalue weighted by Crippen LogP contribution is -2.59. The summed E-state index contributed by atoms with van der Waals surface area (Å²) in [4.78, 5) is 2.72. The van der Waals surface area contributed by atoms with Gasteiger partial charge in [-0.25, -0.2) is 0 Å². The first-order chi connectivity index (χ1) is 6.81. The van der Waals surface area contributed by atoms with Crippen LogP contribution in [0.5, 0.6) is 0 Å². The minimum atomic E-state index is 0.685. The van der Waals surface area contributed by atoms with E-state index in [0.29, 0.717) is 6.04 Å². The molecule has 2 nitrogen and oxygen atoms in total. The average molecular weight is 214 g/mol. The van der Waals surface area contributed by atoms with Gasteiger partial charge in [-0.3, -0.25) is 4.90 Å². The Morgan fingerprint density at radius 1 is 1.43 bits per heavy atom. The van der Waals surface area contributed by atoms with E-state index in [1.165, 1.54) is 32.2 Å². The zero-order valence-corrected chi connectivity index (χ0v) is 9.97. The van der Waals surface area contributed by atoms with Crippen LogP contribution in [0.4, 0.5) is 0 Å². The van der Waals surface area contributed by atoms with Gasteiger partial charge in [0.2, 0.25) is 0 Å². The van der Waals surface area contributed by atoms with E-state index < -0.39 is 0 Å². The van der Waals surface area contributed by atoms with Crippen LogP contribution < -0.4 is 5.32 Å². The summed E-state index contributed by atoms with van der Waals surface area (Å²) in [6.07, 6.45) is 5.51. The van der Waals surface area contributed by atoms with Crippen LogP contribution in [-0.4, -0.2) is 41.9 Å². The third-order valence-electron chi connectivity index (χ3n) is 3.72. The second-order valence-corrected chi connectivity index (χ2v) is 5.20. The van der Waals surface area contributed by atoms with Crippen molar-refractivity contribution in [3.63, 3.8) is 0 Å².